The topological polar surface area (TPSA) is 24.5 Å². The van der Waals surface area contributed by atoms with E-state index in [-0.39, 0.29) is 0 Å². The molecule has 3 heteroatoms. The molecule has 3 unspecified atom stereocenters. The third-order valence-electron chi connectivity index (χ3n) is 4.80. The number of ether oxygens (including phenoxy) is 1. The van der Waals surface area contributed by atoms with Crippen LogP contribution < -0.4 is 10.1 Å². The van der Waals surface area contributed by atoms with Crippen LogP contribution in [-0.2, 0) is 0 Å². The minimum absolute atomic E-state index is 0.515. The number of rotatable bonds is 5. The molecule has 3 rings (SSSR count). The first-order valence-corrected chi connectivity index (χ1v) is 7.95. The summed E-state index contributed by atoms with van der Waals surface area (Å²) in [7, 11) is 0. The molecule has 3 atom stereocenters. The molecule has 0 aromatic heterocycles. The van der Waals surface area contributed by atoms with Gasteiger partial charge in [-0.1, -0.05) is 19.1 Å². The Morgan fingerprint density at radius 3 is 2.45 bits per heavy atom. The van der Waals surface area contributed by atoms with Gasteiger partial charge in [-0.15, -0.1) is 0 Å². The molecule has 20 heavy (non-hydrogen) atoms. The zero-order chi connectivity index (χ0) is 13.9. The second-order valence-electron chi connectivity index (χ2n) is 6.23. The van der Waals surface area contributed by atoms with Crippen LogP contribution in [0.2, 0.25) is 0 Å². The van der Waals surface area contributed by atoms with Crippen LogP contribution in [0.15, 0.2) is 24.3 Å². The van der Waals surface area contributed by atoms with Crippen LogP contribution in [-0.4, -0.2) is 37.7 Å². The van der Waals surface area contributed by atoms with E-state index in [4.69, 9.17) is 4.74 Å². The summed E-state index contributed by atoms with van der Waals surface area (Å²) in [4.78, 5) is 2.64. The van der Waals surface area contributed by atoms with Gasteiger partial charge in [0.1, 0.15) is 5.75 Å². The number of nitrogens with one attached hydrogen (secondary N) is 1. The van der Waals surface area contributed by atoms with Crippen LogP contribution in [0.4, 0.5) is 0 Å². The van der Waals surface area contributed by atoms with Gasteiger partial charge in [0, 0.05) is 19.1 Å². The molecule has 0 radical (unpaired) electrons. The first-order chi connectivity index (χ1) is 9.78. The van der Waals surface area contributed by atoms with Crippen LogP contribution in [0.3, 0.4) is 0 Å². The van der Waals surface area contributed by atoms with E-state index in [0.717, 1.165) is 30.6 Å². The molecular weight excluding hydrogens is 248 g/mol. The smallest absolute Gasteiger partial charge is 0.119 e. The maximum absolute atomic E-state index is 5.65. The third-order valence-corrected chi connectivity index (χ3v) is 4.80. The Balaban J connectivity index is 1.61. The van der Waals surface area contributed by atoms with Crippen molar-refractivity contribution in [3.05, 3.63) is 29.8 Å². The average molecular weight is 274 g/mol. The van der Waals surface area contributed by atoms with Gasteiger partial charge in [-0.05, 0) is 56.0 Å². The lowest BCUT2D eigenvalue weighted by molar-refractivity contribution is 0.243. The van der Waals surface area contributed by atoms with Crippen LogP contribution in [0.1, 0.15) is 31.9 Å². The molecule has 0 bridgehead atoms. The summed E-state index contributed by atoms with van der Waals surface area (Å²) >= 11 is 0. The number of hydrogen-bond acceptors (Lipinski definition) is 3. The van der Waals surface area contributed by atoms with Crippen molar-refractivity contribution < 1.29 is 4.74 Å². The van der Waals surface area contributed by atoms with Gasteiger partial charge < -0.3 is 10.1 Å². The van der Waals surface area contributed by atoms with Crippen LogP contribution in [0, 0.1) is 11.8 Å². The first-order valence-electron chi connectivity index (χ1n) is 7.95. The fourth-order valence-corrected chi connectivity index (χ4v) is 3.48. The van der Waals surface area contributed by atoms with Crippen molar-refractivity contribution in [3.8, 4) is 5.75 Å². The quantitative estimate of drug-likeness (QED) is 0.893. The Hall–Kier alpha value is -1.06. The highest BCUT2D eigenvalue weighted by Gasteiger charge is 2.37. The van der Waals surface area contributed by atoms with Crippen molar-refractivity contribution in [3.63, 3.8) is 0 Å². The Labute approximate surface area is 122 Å². The Bertz CT molecular complexity index is 419. The fourth-order valence-electron chi connectivity index (χ4n) is 3.48. The number of benzene rings is 1. The van der Waals surface area contributed by atoms with E-state index in [1.807, 2.05) is 0 Å². The summed E-state index contributed by atoms with van der Waals surface area (Å²) < 4.78 is 5.65. The molecule has 0 spiro atoms. The van der Waals surface area contributed by atoms with Gasteiger partial charge in [-0.2, -0.15) is 0 Å². The molecule has 3 nitrogen and oxygen atoms in total. The van der Waals surface area contributed by atoms with E-state index in [2.05, 4.69) is 48.3 Å². The summed E-state index contributed by atoms with van der Waals surface area (Å²) in [6.07, 6.45) is 1.06. The number of fused-ring (bicyclic) bond motifs is 1. The predicted molar refractivity (Wildman–Crippen MR) is 82.1 cm³/mol. The zero-order valence-electron chi connectivity index (χ0n) is 12.6. The SMILES string of the molecule is CCCOc1ccc(C(C)N2CC3CNCC3C2)cc1. The minimum Gasteiger partial charge on any atom is -0.494 e. The highest BCUT2D eigenvalue weighted by Crippen LogP contribution is 2.33. The van der Waals surface area contributed by atoms with Gasteiger partial charge in [-0.25, -0.2) is 0 Å². The zero-order valence-corrected chi connectivity index (χ0v) is 12.6. The van der Waals surface area contributed by atoms with Gasteiger partial charge in [0.25, 0.3) is 0 Å². The minimum atomic E-state index is 0.515. The lowest BCUT2D eigenvalue weighted by Crippen LogP contribution is -2.28. The van der Waals surface area contributed by atoms with Crippen molar-refractivity contribution >= 4 is 0 Å². The van der Waals surface area contributed by atoms with Crippen molar-refractivity contribution in [1.82, 2.24) is 10.2 Å². The second-order valence-corrected chi connectivity index (χ2v) is 6.23. The summed E-state index contributed by atoms with van der Waals surface area (Å²) in [6.45, 7) is 10.2. The normalized spacial score (nSPS) is 27.5. The molecule has 2 aliphatic rings. The maximum atomic E-state index is 5.65. The third kappa shape index (κ3) is 2.84. The Morgan fingerprint density at radius 2 is 1.85 bits per heavy atom. The Kier molecular flexibility index (Phi) is 4.27. The van der Waals surface area contributed by atoms with Gasteiger partial charge in [-0.3, -0.25) is 4.90 Å². The van der Waals surface area contributed by atoms with Crippen molar-refractivity contribution in [1.29, 1.82) is 0 Å². The average Bonchev–Trinajstić information content (AvgIpc) is 3.06. The molecule has 0 saturated carbocycles. The van der Waals surface area contributed by atoms with E-state index in [1.165, 1.54) is 31.7 Å². The molecule has 2 saturated heterocycles. The monoisotopic (exact) mass is 274 g/mol. The molecule has 1 aromatic rings. The van der Waals surface area contributed by atoms with Gasteiger partial charge in [0.05, 0.1) is 6.61 Å². The molecule has 110 valence electrons. The van der Waals surface area contributed by atoms with Crippen molar-refractivity contribution in [2.45, 2.75) is 26.3 Å². The Morgan fingerprint density at radius 1 is 1.20 bits per heavy atom. The van der Waals surface area contributed by atoms with Crippen LogP contribution in [0.5, 0.6) is 5.75 Å². The fraction of sp³-hybridized carbons (Fsp3) is 0.647. The van der Waals surface area contributed by atoms with E-state index in [0.29, 0.717) is 6.04 Å². The summed E-state index contributed by atoms with van der Waals surface area (Å²) in [5.41, 5.74) is 1.40. The summed E-state index contributed by atoms with van der Waals surface area (Å²) in [6, 6.07) is 9.19. The molecule has 2 aliphatic heterocycles. The van der Waals surface area contributed by atoms with E-state index < -0.39 is 0 Å². The standard InChI is InChI=1S/C17H26N2O/c1-3-8-20-17-6-4-14(5-7-17)13(2)19-11-15-9-18-10-16(15)12-19/h4-7,13,15-16,18H,3,8-12H2,1-2H3. The van der Waals surface area contributed by atoms with Gasteiger partial charge >= 0.3 is 0 Å². The van der Waals surface area contributed by atoms with Gasteiger partial charge in [0.15, 0.2) is 0 Å². The molecule has 2 heterocycles. The first kappa shape index (κ1) is 13.9. The maximum Gasteiger partial charge on any atom is 0.119 e. The van der Waals surface area contributed by atoms with E-state index in [9.17, 15) is 0 Å². The lowest BCUT2D eigenvalue weighted by atomic mass is 10.0. The highest BCUT2D eigenvalue weighted by molar-refractivity contribution is 5.29. The van der Waals surface area contributed by atoms with E-state index >= 15 is 0 Å². The van der Waals surface area contributed by atoms with Gasteiger partial charge in [0.2, 0.25) is 0 Å². The number of likely N-dealkylation sites (tertiary alicyclic amines) is 1. The van der Waals surface area contributed by atoms with E-state index in [1.54, 1.807) is 0 Å². The van der Waals surface area contributed by atoms with Crippen LogP contribution in [0.25, 0.3) is 0 Å². The second kappa shape index (κ2) is 6.15. The lowest BCUT2D eigenvalue weighted by Gasteiger charge is -2.25. The number of nitrogens with zero attached hydrogens (tertiary/aromatic N) is 1. The number of hydrogen-bond donors (Lipinski definition) is 1. The summed E-state index contributed by atoms with van der Waals surface area (Å²) in [5.74, 6) is 2.72. The predicted octanol–water partition coefficient (Wildman–Crippen LogP) is 2.69. The van der Waals surface area contributed by atoms with Crippen LogP contribution >= 0.6 is 0 Å². The van der Waals surface area contributed by atoms with Crippen molar-refractivity contribution in [2.75, 3.05) is 32.8 Å². The molecule has 1 aromatic carbocycles. The molecule has 2 fully saturated rings. The largest absolute Gasteiger partial charge is 0.494 e. The molecule has 0 amide bonds. The van der Waals surface area contributed by atoms with Crippen molar-refractivity contribution in [2.24, 2.45) is 11.8 Å². The molecular formula is C17H26N2O. The highest BCUT2D eigenvalue weighted by atomic mass is 16.5. The molecule has 0 aliphatic carbocycles. The summed E-state index contributed by atoms with van der Waals surface area (Å²) in [5, 5.41) is 3.51. The molecule has 1 N–H and O–H groups in total.